The summed E-state index contributed by atoms with van der Waals surface area (Å²) in [4.78, 5) is 15.3. The zero-order chi connectivity index (χ0) is 12.7. The van der Waals surface area contributed by atoms with Crippen LogP contribution in [0.2, 0.25) is 0 Å². The molecular weight excluding hydrogens is 234 g/mol. The van der Waals surface area contributed by atoms with Gasteiger partial charge in [0.1, 0.15) is 5.56 Å². The van der Waals surface area contributed by atoms with Crippen LogP contribution >= 0.6 is 0 Å². The summed E-state index contributed by atoms with van der Waals surface area (Å²) in [6.45, 7) is 1.65. The van der Waals surface area contributed by atoms with Crippen LogP contribution in [0.3, 0.4) is 0 Å². The number of aromatic carboxylic acids is 1. The van der Waals surface area contributed by atoms with Crippen molar-refractivity contribution in [3.05, 3.63) is 42.0 Å². The van der Waals surface area contributed by atoms with Gasteiger partial charge in [0.05, 0.1) is 11.9 Å². The summed E-state index contributed by atoms with van der Waals surface area (Å²) in [5.41, 5.74) is 1.31. The van der Waals surface area contributed by atoms with Crippen molar-refractivity contribution in [3.63, 3.8) is 0 Å². The number of carboxylic acid groups (broad SMARTS) is 1. The highest BCUT2D eigenvalue weighted by Crippen LogP contribution is 2.11. The Bertz CT molecular complexity index is 743. The third kappa shape index (κ3) is 1.53. The zero-order valence-electron chi connectivity index (χ0n) is 9.48. The van der Waals surface area contributed by atoms with Gasteiger partial charge in [0, 0.05) is 24.5 Å². The molecule has 3 aromatic rings. The van der Waals surface area contributed by atoms with Crippen LogP contribution in [0.25, 0.3) is 11.5 Å². The number of carboxylic acids is 1. The number of nitrogens with zero attached hydrogens (tertiary/aromatic N) is 5. The summed E-state index contributed by atoms with van der Waals surface area (Å²) < 4.78 is 3.07. The predicted octanol–water partition coefficient (Wildman–Crippen LogP) is 0.922. The molecule has 7 heteroatoms. The van der Waals surface area contributed by atoms with E-state index in [0.717, 1.165) is 0 Å². The molecular formula is C11H9N5O2. The molecule has 18 heavy (non-hydrogen) atoms. The number of aromatic nitrogens is 5. The normalized spacial score (nSPS) is 10.9. The Morgan fingerprint density at radius 2 is 2.22 bits per heavy atom. The van der Waals surface area contributed by atoms with Gasteiger partial charge < -0.3 is 5.11 Å². The van der Waals surface area contributed by atoms with E-state index in [-0.39, 0.29) is 5.56 Å². The molecule has 0 aliphatic heterocycles. The van der Waals surface area contributed by atoms with Gasteiger partial charge in [-0.1, -0.05) is 0 Å². The van der Waals surface area contributed by atoms with E-state index in [0.29, 0.717) is 17.2 Å². The van der Waals surface area contributed by atoms with Crippen LogP contribution in [0.4, 0.5) is 0 Å². The molecule has 0 aliphatic carbocycles. The highest BCUT2D eigenvalue weighted by atomic mass is 16.4. The highest BCUT2D eigenvalue weighted by molar-refractivity contribution is 5.88. The molecule has 0 saturated carbocycles. The number of aryl methyl sites for hydroxylation is 1. The van der Waals surface area contributed by atoms with Gasteiger partial charge >= 0.3 is 5.97 Å². The Balaban J connectivity index is 2.13. The van der Waals surface area contributed by atoms with Crippen molar-refractivity contribution in [3.8, 4) is 5.82 Å². The van der Waals surface area contributed by atoms with E-state index in [4.69, 9.17) is 5.11 Å². The molecule has 0 radical (unpaired) electrons. The van der Waals surface area contributed by atoms with Gasteiger partial charge in [-0.15, -0.1) is 0 Å². The fraction of sp³-hybridized carbons (Fsp3) is 0.0909. The maximum Gasteiger partial charge on any atom is 0.339 e. The number of hydrogen-bond donors (Lipinski definition) is 1. The quantitative estimate of drug-likeness (QED) is 0.723. The summed E-state index contributed by atoms with van der Waals surface area (Å²) in [5.74, 6) is -0.442. The van der Waals surface area contributed by atoms with E-state index in [1.165, 1.54) is 10.9 Å². The molecule has 0 fully saturated rings. The van der Waals surface area contributed by atoms with Crippen LogP contribution in [0.15, 0.2) is 30.7 Å². The lowest BCUT2D eigenvalue weighted by Crippen LogP contribution is -2.00. The van der Waals surface area contributed by atoms with Crippen LogP contribution in [0, 0.1) is 6.92 Å². The SMILES string of the molecule is Cc1nn(-c2ccn3nccc3n2)cc1C(=O)O. The minimum atomic E-state index is -0.996. The van der Waals surface area contributed by atoms with Gasteiger partial charge in [0.15, 0.2) is 11.5 Å². The molecule has 0 atom stereocenters. The largest absolute Gasteiger partial charge is 0.478 e. The molecule has 90 valence electrons. The van der Waals surface area contributed by atoms with Gasteiger partial charge in [-0.2, -0.15) is 10.2 Å². The average Bonchev–Trinajstić information content (AvgIpc) is 2.93. The molecule has 3 heterocycles. The number of rotatable bonds is 2. The van der Waals surface area contributed by atoms with Gasteiger partial charge in [0.2, 0.25) is 0 Å². The van der Waals surface area contributed by atoms with Gasteiger partial charge in [-0.05, 0) is 6.92 Å². The van der Waals surface area contributed by atoms with Crippen molar-refractivity contribution >= 4 is 11.6 Å². The number of carbonyl (C=O) groups is 1. The summed E-state index contributed by atoms with van der Waals surface area (Å²) in [5, 5.41) is 17.1. The van der Waals surface area contributed by atoms with E-state index < -0.39 is 5.97 Å². The lowest BCUT2D eigenvalue weighted by Gasteiger charge is -2.00. The van der Waals surface area contributed by atoms with Gasteiger partial charge in [-0.3, -0.25) is 0 Å². The van der Waals surface area contributed by atoms with E-state index in [2.05, 4.69) is 15.2 Å². The molecule has 0 unspecified atom stereocenters. The first-order valence-corrected chi connectivity index (χ1v) is 5.25. The van der Waals surface area contributed by atoms with Crippen molar-refractivity contribution in [1.82, 2.24) is 24.4 Å². The first-order valence-electron chi connectivity index (χ1n) is 5.25. The highest BCUT2D eigenvalue weighted by Gasteiger charge is 2.13. The zero-order valence-corrected chi connectivity index (χ0v) is 9.48. The fourth-order valence-electron chi connectivity index (χ4n) is 1.72. The lowest BCUT2D eigenvalue weighted by molar-refractivity contribution is 0.0696. The fourth-order valence-corrected chi connectivity index (χ4v) is 1.72. The Morgan fingerprint density at radius 3 is 2.94 bits per heavy atom. The van der Waals surface area contributed by atoms with E-state index >= 15 is 0 Å². The molecule has 0 aliphatic rings. The van der Waals surface area contributed by atoms with E-state index in [9.17, 15) is 4.79 Å². The molecule has 0 aromatic carbocycles. The Morgan fingerprint density at radius 1 is 1.39 bits per heavy atom. The van der Waals surface area contributed by atoms with Crippen LogP contribution in [-0.4, -0.2) is 35.5 Å². The van der Waals surface area contributed by atoms with Crippen molar-refractivity contribution in [2.75, 3.05) is 0 Å². The molecule has 3 aromatic heterocycles. The van der Waals surface area contributed by atoms with Crippen LogP contribution in [0.1, 0.15) is 16.1 Å². The topological polar surface area (TPSA) is 85.3 Å². The van der Waals surface area contributed by atoms with E-state index in [1.807, 2.05) is 0 Å². The molecule has 3 rings (SSSR count). The molecule has 0 spiro atoms. The lowest BCUT2D eigenvalue weighted by atomic mass is 10.3. The Hall–Kier alpha value is -2.70. The second kappa shape index (κ2) is 3.66. The minimum absolute atomic E-state index is 0.171. The standard InChI is InChI=1S/C11H9N5O2/c1-7-8(11(17)18)6-16(14-7)10-3-5-15-9(13-10)2-4-12-15/h2-6H,1H3,(H,17,18). The smallest absolute Gasteiger partial charge is 0.339 e. The summed E-state index contributed by atoms with van der Waals surface area (Å²) in [7, 11) is 0. The molecule has 0 amide bonds. The first-order chi connectivity index (χ1) is 8.65. The Labute approximate surface area is 101 Å². The molecule has 0 bridgehead atoms. The second-order valence-electron chi connectivity index (χ2n) is 3.80. The summed E-state index contributed by atoms with van der Waals surface area (Å²) in [6, 6.07) is 3.48. The van der Waals surface area contributed by atoms with Crippen molar-refractivity contribution in [2.45, 2.75) is 6.92 Å². The van der Waals surface area contributed by atoms with Crippen molar-refractivity contribution in [2.24, 2.45) is 0 Å². The summed E-state index contributed by atoms with van der Waals surface area (Å²) in [6.07, 6.45) is 4.84. The predicted molar refractivity (Wildman–Crippen MR) is 61.8 cm³/mol. The third-order valence-corrected chi connectivity index (χ3v) is 2.61. The van der Waals surface area contributed by atoms with Crippen molar-refractivity contribution in [1.29, 1.82) is 0 Å². The van der Waals surface area contributed by atoms with Crippen LogP contribution in [0.5, 0.6) is 0 Å². The summed E-state index contributed by atoms with van der Waals surface area (Å²) >= 11 is 0. The van der Waals surface area contributed by atoms with Gasteiger partial charge in [0.25, 0.3) is 0 Å². The molecule has 0 saturated heterocycles. The van der Waals surface area contributed by atoms with E-state index in [1.54, 1.807) is 36.0 Å². The third-order valence-electron chi connectivity index (χ3n) is 2.61. The van der Waals surface area contributed by atoms with Crippen LogP contribution < -0.4 is 0 Å². The molecule has 7 nitrogen and oxygen atoms in total. The van der Waals surface area contributed by atoms with Crippen LogP contribution in [-0.2, 0) is 0 Å². The average molecular weight is 243 g/mol. The second-order valence-corrected chi connectivity index (χ2v) is 3.80. The first kappa shape index (κ1) is 10.5. The Kier molecular flexibility index (Phi) is 2.12. The maximum absolute atomic E-state index is 10.9. The molecule has 1 N–H and O–H groups in total. The maximum atomic E-state index is 10.9. The van der Waals surface area contributed by atoms with Crippen molar-refractivity contribution < 1.29 is 9.90 Å². The number of hydrogen-bond acceptors (Lipinski definition) is 4. The number of fused-ring (bicyclic) bond motifs is 1. The monoisotopic (exact) mass is 243 g/mol. The van der Waals surface area contributed by atoms with Gasteiger partial charge in [-0.25, -0.2) is 19.0 Å². The minimum Gasteiger partial charge on any atom is -0.478 e.